The highest BCUT2D eigenvalue weighted by Crippen LogP contribution is 2.48. The topological polar surface area (TPSA) is 129 Å². The Bertz CT molecular complexity index is 1690. The number of aromatic nitrogens is 5. The monoisotopic (exact) mass is 628 g/mol. The van der Waals surface area contributed by atoms with Crippen LogP contribution in [0.5, 0.6) is 11.6 Å². The normalized spacial score (nSPS) is 24.5. The highest BCUT2D eigenvalue weighted by atomic mass is 19.1. The van der Waals surface area contributed by atoms with Crippen molar-refractivity contribution >= 4 is 11.7 Å². The number of hydrogen-bond donors (Lipinski definition) is 2. The van der Waals surface area contributed by atoms with Crippen LogP contribution in [-0.4, -0.2) is 74.4 Å². The SMILES string of the molecule is CC(C)[C@@H](C1CC(NC(=O)C2CC2)C1)N1CC2(CCN(c3ncnnc3Oc3ccc(F)cc3-c3n[nH]c(=O)cc3C3CC3)C2)C1. The van der Waals surface area contributed by atoms with E-state index in [0.29, 0.717) is 46.7 Å². The molecule has 1 atom stereocenters. The summed E-state index contributed by atoms with van der Waals surface area (Å²) in [6, 6.07) is 6.70. The second kappa shape index (κ2) is 11.4. The minimum atomic E-state index is -0.425. The first-order valence-corrected chi connectivity index (χ1v) is 16.8. The van der Waals surface area contributed by atoms with E-state index in [0.717, 1.165) is 76.7 Å². The van der Waals surface area contributed by atoms with Crippen molar-refractivity contribution in [2.24, 2.45) is 23.2 Å². The number of anilines is 1. The number of H-pyrrole nitrogens is 1. The molecule has 2 N–H and O–H groups in total. The van der Waals surface area contributed by atoms with Gasteiger partial charge in [-0.1, -0.05) is 13.8 Å². The molecular formula is C34H41FN8O3. The van der Waals surface area contributed by atoms with Gasteiger partial charge in [-0.15, -0.1) is 10.2 Å². The summed E-state index contributed by atoms with van der Waals surface area (Å²) in [6.45, 7) is 8.40. The van der Waals surface area contributed by atoms with E-state index in [9.17, 15) is 14.0 Å². The second-order valence-corrected chi connectivity index (χ2v) is 14.7. The predicted octanol–water partition coefficient (Wildman–Crippen LogP) is 4.27. The van der Waals surface area contributed by atoms with Crippen molar-refractivity contribution < 1.29 is 13.9 Å². The van der Waals surface area contributed by atoms with Crippen molar-refractivity contribution in [3.63, 3.8) is 0 Å². The Morgan fingerprint density at radius 1 is 1.13 bits per heavy atom. The second-order valence-electron chi connectivity index (χ2n) is 14.7. The van der Waals surface area contributed by atoms with Gasteiger partial charge in [0.15, 0.2) is 5.82 Å². The first-order chi connectivity index (χ1) is 22.2. The Hall–Kier alpha value is -3.93. The van der Waals surface area contributed by atoms with Crippen molar-refractivity contribution in [1.82, 2.24) is 35.6 Å². The number of carbonyl (C=O) groups excluding carboxylic acids is 1. The Balaban J connectivity index is 0.957. The number of benzene rings is 1. The number of carbonyl (C=O) groups is 1. The molecule has 5 aliphatic rings. The molecule has 46 heavy (non-hydrogen) atoms. The van der Waals surface area contributed by atoms with Gasteiger partial charge >= 0.3 is 0 Å². The number of nitrogens with one attached hydrogen (secondary N) is 2. The van der Waals surface area contributed by atoms with Crippen molar-refractivity contribution in [2.75, 3.05) is 31.1 Å². The molecule has 0 radical (unpaired) electrons. The molecule has 2 saturated heterocycles. The highest BCUT2D eigenvalue weighted by molar-refractivity contribution is 5.81. The van der Waals surface area contributed by atoms with Gasteiger partial charge in [0.1, 0.15) is 17.9 Å². The number of hydrogen-bond acceptors (Lipinski definition) is 9. The summed E-state index contributed by atoms with van der Waals surface area (Å²) >= 11 is 0. The van der Waals surface area contributed by atoms with E-state index in [4.69, 9.17) is 4.74 Å². The molecule has 1 spiro atoms. The van der Waals surface area contributed by atoms with Crippen LogP contribution in [0.4, 0.5) is 10.2 Å². The summed E-state index contributed by atoms with van der Waals surface area (Å²) in [5.41, 5.74) is 1.66. The van der Waals surface area contributed by atoms with Gasteiger partial charge in [-0.25, -0.2) is 14.5 Å². The smallest absolute Gasteiger partial charge is 0.282 e. The van der Waals surface area contributed by atoms with Crippen LogP contribution >= 0.6 is 0 Å². The first kappa shape index (κ1) is 29.5. The molecule has 3 aliphatic carbocycles. The van der Waals surface area contributed by atoms with Gasteiger partial charge in [0.2, 0.25) is 5.91 Å². The lowest BCUT2D eigenvalue weighted by atomic mass is 9.68. The molecular weight excluding hydrogens is 587 g/mol. The van der Waals surface area contributed by atoms with Crippen molar-refractivity contribution in [1.29, 1.82) is 0 Å². The Kier molecular flexibility index (Phi) is 7.30. The third-order valence-electron chi connectivity index (χ3n) is 10.7. The molecule has 8 rings (SSSR count). The summed E-state index contributed by atoms with van der Waals surface area (Å²) in [4.78, 5) is 33.8. The first-order valence-electron chi connectivity index (χ1n) is 16.8. The van der Waals surface area contributed by atoms with Crippen molar-refractivity contribution in [2.45, 2.75) is 76.8 Å². The molecule has 0 unspecified atom stereocenters. The Morgan fingerprint density at radius 3 is 2.67 bits per heavy atom. The van der Waals surface area contributed by atoms with Gasteiger partial charge in [-0.05, 0) is 86.5 Å². The zero-order valence-corrected chi connectivity index (χ0v) is 26.4. The van der Waals surface area contributed by atoms with Gasteiger partial charge in [0, 0.05) is 61.2 Å². The summed E-state index contributed by atoms with van der Waals surface area (Å²) in [7, 11) is 0. The molecule has 0 bridgehead atoms. The lowest BCUT2D eigenvalue weighted by Crippen LogP contribution is -2.65. The Morgan fingerprint density at radius 2 is 1.93 bits per heavy atom. The molecule has 3 saturated carbocycles. The number of halogens is 1. The lowest BCUT2D eigenvalue weighted by molar-refractivity contribution is -0.124. The zero-order valence-electron chi connectivity index (χ0n) is 26.4. The van der Waals surface area contributed by atoms with Gasteiger partial charge < -0.3 is 15.0 Å². The van der Waals surface area contributed by atoms with Crippen LogP contribution in [0.1, 0.15) is 70.3 Å². The quantitative estimate of drug-likeness (QED) is 0.338. The van der Waals surface area contributed by atoms with Crippen LogP contribution in [0.25, 0.3) is 11.3 Å². The summed E-state index contributed by atoms with van der Waals surface area (Å²) in [6.07, 6.45) is 8.66. The molecule has 4 heterocycles. The van der Waals surface area contributed by atoms with E-state index in [-0.39, 0.29) is 34.6 Å². The van der Waals surface area contributed by atoms with E-state index in [1.54, 1.807) is 12.1 Å². The standard InChI is InChI=1S/C34H41FN8O3/c1-19(2)30(22-11-24(12-22)38-32(45)21-5-6-21)43-16-34(17-43)9-10-42(15-34)31-33(41-37-18-36-31)46-27-8-7-23(35)13-26(27)29-25(20-3-4-20)14-28(44)39-40-29/h7-8,13-14,18-22,24,30H,3-6,9-12,15-17H2,1-2H3,(H,38,45)(H,39,44)/t22?,24?,30-/m0/s1. The van der Waals surface area contributed by atoms with E-state index in [2.05, 4.69) is 54.3 Å². The molecule has 3 aromatic rings. The molecule has 1 amide bonds. The summed E-state index contributed by atoms with van der Waals surface area (Å²) in [5, 5.41) is 18.4. The minimum absolute atomic E-state index is 0.179. The van der Waals surface area contributed by atoms with E-state index < -0.39 is 5.82 Å². The zero-order chi connectivity index (χ0) is 31.6. The molecule has 11 nitrogen and oxygen atoms in total. The molecule has 2 aromatic heterocycles. The number of aromatic amines is 1. The largest absolute Gasteiger partial charge is 0.434 e. The average molecular weight is 629 g/mol. The van der Waals surface area contributed by atoms with Crippen LogP contribution in [-0.2, 0) is 4.79 Å². The molecule has 2 aliphatic heterocycles. The van der Waals surface area contributed by atoms with Gasteiger partial charge in [-0.3, -0.25) is 14.5 Å². The molecule has 242 valence electrons. The van der Waals surface area contributed by atoms with Gasteiger partial charge in [-0.2, -0.15) is 5.10 Å². The molecule has 12 heteroatoms. The number of nitrogens with zero attached hydrogens (tertiary/aromatic N) is 6. The van der Waals surface area contributed by atoms with Crippen LogP contribution < -0.4 is 20.5 Å². The minimum Gasteiger partial charge on any atom is -0.434 e. The average Bonchev–Trinajstić information content (AvgIpc) is 3.94. The summed E-state index contributed by atoms with van der Waals surface area (Å²) in [5.74, 6) is 2.75. The fourth-order valence-corrected chi connectivity index (χ4v) is 8.15. The maximum absolute atomic E-state index is 14.5. The van der Waals surface area contributed by atoms with E-state index in [1.807, 2.05) is 0 Å². The maximum atomic E-state index is 14.5. The summed E-state index contributed by atoms with van der Waals surface area (Å²) < 4.78 is 20.9. The number of rotatable bonds is 10. The fraction of sp³-hybridized carbons (Fsp3) is 0.588. The van der Waals surface area contributed by atoms with Crippen LogP contribution in [0.2, 0.25) is 0 Å². The van der Waals surface area contributed by atoms with Gasteiger partial charge in [0.25, 0.3) is 11.4 Å². The van der Waals surface area contributed by atoms with Crippen molar-refractivity contribution in [3.05, 3.63) is 52.3 Å². The van der Waals surface area contributed by atoms with Crippen LogP contribution in [0, 0.1) is 29.0 Å². The van der Waals surface area contributed by atoms with E-state index in [1.165, 1.54) is 18.5 Å². The fourth-order valence-electron chi connectivity index (χ4n) is 8.15. The van der Waals surface area contributed by atoms with E-state index >= 15 is 0 Å². The number of likely N-dealkylation sites (tertiary alicyclic amines) is 1. The highest BCUT2D eigenvalue weighted by Gasteiger charge is 2.53. The predicted molar refractivity (Wildman–Crippen MR) is 169 cm³/mol. The Labute approximate surface area is 267 Å². The lowest BCUT2D eigenvalue weighted by Gasteiger charge is -2.57. The van der Waals surface area contributed by atoms with Gasteiger partial charge in [0.05, 0.1) is 5.69 Å². The third-order valence-corrected chi connectivity index (χ3v) is 10.7. The number of ether oxygens (including phenoxy) is 1. The molecule has 5 fully saturated rings. The maximum Gasteiger partial charge on any atom is 0.282 e. The van der Waals surface area contributed by atoms with Crippen LogP contribution in [0.15, 0.2) is 35.4 Å². The molecule has 1 aromatic carbocycles. The van der Waals surface area contributed by atoms with Crippen LogP contribution in [0.3, 0.4) is 0 Å². The third kappa shape index (κ3) is 5.65. The van der Waals surface area contributed by atoms with Crippen molar-refractivity contribution in [3.8, 4) is 22.9 Å². The number of amides is 1.